The zero-order valence-electron chi connectivity index (χ0n) is 7.68. The molecule has 3 N–H and O–H groups in total. The molecule has 2 aromatic heterocycles. The number of hydrogen-bond acceptors (Lipinski definition) is 5. The number of hydrogen-bond donors (Lipinski definition) is 2. The van der Waals surface area contributed by atoms with E-state index in [1.807, 2.05) is 16.8 Å². The summed E-state index contributed by atoms with van der Waals surface area (Å²) in [7, 11) is 0. The van der Waals surface area contributed by atoms with Gasteiger partial charge in [0.1, 0.15) is 10.7 Å². The number of nitrogens with two attached hydrogens (primary N) is 1. The molecular formula is C9H8N4S2. The Labute approximate surface area is 96.2 Å². The second kappa shape index (κ2) is 4.33. The molecule has 0 saturated heterocycles. The van der Waals surface area contributed by atoms with Crippen LogP contribution in [0.1, 0.15) is 5.69 Å². The Kier molecular flexibility index (Phi) is 2.89. The highest BCUT2D eigenvalue weighted by atomic mass is 32.1. The van der Waals surface area contributed by atoms with Crippen LogP contribution in [-0.4, -0.2) is 15.0 Å². The molecule has 2 heterocycles. The fourth-order valence-electron chi connectivity index (χ4n) is 1.08. The summed E-state index contributed by atoms with van der Waals surface area (Å²) >= 11 is 6.48. The third-order valence-electron chi connectivity index (χ3n) is 1.72. The summed E-state index contributed by atoms with van der Waals surface area (Å²) in [5, 5.41) is 7.04. The minimum Gasteiger partial charge on any atom is -0.388 e. The van der Waals surface area contributed by atoms with Gasteiger partial charge in [-0.3, -0.25) is 0 Å². The Bertz CT molecular complexity index is 467. The molecule has 0 unspecified atom stereocenters. The van der Waals surface area contributed by atoms with Crippen molar-refractivity contribution in [3.8, 4) is 0 Å². The summed E-state index contributed by atoms with van der Waals surface area (Å²) in [5.41, 5.74) is 7.00. The van der Waals surface area contributed by atoms with Crippen LogP contribution in [0.2, 0.25) is 0 Å². The summed E-state index contributed by atoms with van der Waals surface area (Å²) in [6, 6.07) is 1.95. The van der Waals surface area contributed by atoms with Crippen molar-refractivity contribution >= 4 is 40.0 Å². The molecule has 0 amide bonds. The number of rotatable bonds is 3. The number of thiocarbonyl (C=S) groups is 1. The molecule has 76 valence electrons. The van der Waals surface area contributed by atoms with Crippen LogP contribution in [-0.2, 0) is 0 Å². The summed E-state index contributed by atoms with van der Waals surface area (Å²) in [6.45, 7) is 0. The number of nitrogens with one attached hydrogen (secondary N) is 1. The van der Waals surface area contributed by atoms with Gasteiger partial charge in [-0.2, -0.15) is 11.3 Å². The van der Waals surface area contributed by atoms with Gasteiger partial charge in [0.2, 0.25) is 0 Å². The van der Waals surface area contributed by atoms with Crippen molar-refractivity contribution in [2.45, 2.75) is 0 Å². The lowest BCUT2D eigenvalue weighted by atomic mass is 10.4. The maximum absolute atomic E-state index is 5.54. The minimum absolute atomic E-state index is 0.237. The van der Waals surface area contributed by atoms with Crippen LogP contribution in [0.5, 0.6) is 0 Å². The number of anilines is 2. The van der Waals surface area contributed by atoms with Crippen molar-refractivity contribution in [3.63, 3.8) is 0 Å². The van der Waals surface area contributed by atoms with Crippen LogP contribution in [0.25, 0.3) is 0 Å². The van der Waals surface area contributed by atoms with E-state index in [0.717, 1.165) is 5.69 Å². The number of thiophene rings is 1. The van der Waals surface area contributed by atoms with E-state index in [-0.39, 0.29) is 4.99 Å². The highest BCUT2D eigenvalue weighted by molar-refractivity contribution is 7.80. The monoisotopic (exact) mass is 236 g/mol. The van der Waals surface area contributed by atoms with Gasteiger partial charge in [0.15, 0.2) is 5.82 Å². The van der Waals surface area contributed by atoms with E-state index in [9.17, 15) is 0 Å². The first-order valence-electron chi connectivity index (χ1n) is 4.17. The largest absolute Gasteiger partial charge is 0.388 e. The maximum Gasteiger partial charge on any atom is 0.159 e. The zero-order chi connectivity index (χ0) is 10.7. The van der Waals surface area contributed by atoms with E-state index in [0.29, 0.717) is 11.5 Å². The van der Waals surface area contributed by atoms with Crippen molar-refractivity contribution in [2.24, 2.45) is 5.73 Å². The second-order valence-electron chi connectivity index (χ2n) is 2.75. The maximum atomic E-state index is 5.54. The Morgan fingerprint density at radius 1 is 1.40 bits per heavy atom. The normalized spacial score (nSPS) is 9.87. The smallest absolute Gasteiger partial charge is 0.159 e. The zero-order valence-corrected chi connectivity index (χ0v) is 9.31. The predicted molar refractivity (Wildman–Crippen MR) is 65.5 cm³/mol. The van der Waals surface area contributed by atoms with Gasteiger partial charge < -0.3 is 11.1 Å². The minimum atomic E-state index is 0.237. The lowest BCUT2D eigenvalue weighted by Crippen LogP contribution is -2.14. The van der Waals surface area contributed by atoms with Crippen LogP contribution in [0.4, 0.5) is 11.5 Å². The van der Waals surface area contributed by atoms with Crippen LogP contribution < -0.4 is 11.1 Å². The Balaban J connectivity index is 2.32. The van der Waals surface area contributed by atoms with Gasteiger partial charge >= 0.3 is 0 Å². The summed E-state index contributed by atoms with van der Waals surface area (Å²) in [5.74, 6) is 0.586. The molecule has 4 nitrogen and oxygen atoms in total. The van der Waals surface area contributed by atoms with Crippen LogP contribution >= 0.6 is 23.6 Å². The summed E-state index contributed by atoms with van der Waals surface area (Å²) < 4.78 is 0. The highest BCUT2D eigenvalue weighted by Gasteiger charge is 2.07. The van der Waals surface area contributed by atoms with Gasteiger partial charge in [-0.05, 0) is 11.4 Å². The number of aromatic nitrogens is 2. The molecule has 0 spiro atoms. The van der Waals surface area contributed by atoms with E-state index in [4.69, 9.17) is 18.0 Å². The van der Waals surface area contributed by atoms with Gasteiger partial charge in [0.05, 0.1) is 5.69 Å². The van der Waals surface area contributed by atoms with Crippen LogP contribution in [0.15, 0.2) is 29.2 Å². The molecular weight excluding hydrogens is 228 g/mol. The first-order valence-corrected chi connectivity index (χ1v) is 5.52. The van der Waals surface area contributed by atoms with Crippen LogP contribution in [0, 0.1) is 0 Å². The third-order valence-corrected chi connectivity index (χ3v) is 2.59. The summed E-state index contributed by atoms with van der Waals surface area (Å²) in [6.07, 6.45) is 3.16. The first kappa shape index (κ1) is 10.0. The summed E-state index contributed by atoms with van der Waals surface area (Å²) in [4.78, 5) is 8.45. The van der Waals surface area contributed by atoms with Crippen molar-refractivity contribution in [3.05, 3.63) is 34.9 Å². The van der Waals surface area contributed by atoms with E-state index < -0.39 is 0 Å². The first-order chi connectivity index (χ1) is 7.27. The number of nitrogens with zero attached hydrogens (tertiary/aromatic N) is 2. The average molecular weight is 236 g/mol. The topological polar surface area (TPSA) is 63.8 Å². The lowest BCUT2D eigenvalue weighted by molar-refractivity contribution is 1.18. The second-order valence-corrected chi connectivity index (χ2v) is 3.97. The lowest BCUT2D eigenvalue weighted by Gasteiger charge is -2.06. The van der Waals surface area contributed by atoms with Crippen LogP contribution in [0.3, 0.4) is 0 Å². The SMILES string of the molecule is NC(=S)c1nccnc1Nc1ccsc1. The van der Waals surface area contributed by atoms with Gasteiger partial charge in [-0.25, -0.2) is 9.97 Å². The molecule has 0 saturated carbocycles. The standard InChI is InChI=1S/C9H8N4S2/c10-8(14)7-9(12-3-2-11-7)13-6-1-4-15-5-6/h1-5H,(H2,10,14)(H,12,13). The Morgan fingerprint density at radius 2 is 2.20 bits per heavy atom. The average Bonchev–Trinajstić information content (AvgIpc) is 2.71. The molecule has 15 heavy (non-hydrogen) atoms. The van der Waals surface area contributed by atoms with E-state index in [1.54, 1.807) is 23.7 Å². The van der Waals surface area contributed by atoms with Gasteiger partial charge in [0, 0.05) is 17.8 Å². The van der Waals surface area contributed by atoms with Crippen molar-refractivity contribution in [2.75, 3.05) is 5.32 Å². The van der Waals surface area contributed by atoms with Gasteiger partial charge in [-0.1, -0.05) is 12.2 Å². The van der Waals surface area contributed by atoms with E-state index in [2.05, 4.69) is 15.3 Å². The molecule has 0 aliphatic carbocycles. The van der Waals surface area contributed by atoms with Crippen molar-refractivity contribution in [1.29, 1.82) is 0 Å². The highest BCUT2D eigenvalue weighted by Crippen LogP contribution is 2.18. The molecule has 0 aliphatic rings. The molecule has 0 atom stereocenters. The third kappa shape index (κ3) is 2.28. The fourth-order valence-corrected chi connectivity index (χ4v) is 1.82. The molecule has 6 heteroatoms. The van der Waals surface area contributed by atoms with E-state index in [1.165, 1.54) is 0 Å². The molecule has 2 rings (SSSR count). The fraction of sp³-hybridized carbons (Fsp3) is 0. The molecule has 0 aliphatic heterocycles. The van der Waals surface area contributed by atoms with Crippen molar-refractivity contribution < 1.29 is 0 Å². The van der Waals surface area contributed by atoms with E-state index >= 15 is 0 Å². The molecule has 0 radical (unpaired) electrons. The van der Waals surface area contributed by atoms with Crippen molar-refractivity contribution in [1.82, 2.24) is 9.97 Å². The molecule has 0 fully saturated rings. The predicted octanol–water partition coefficient (Wildman–Crippen LogP) is 1.92. The Morgan fingerprint density at radius 3 is 2.87 bits per heavy atom. The quantitative estimate of drug-likeness (QED) is 0.797. The molecule has 2 aromatic rings. The Hall–Kier alpha value is -1.53. The van der Waals surface area contributed by atoms with Gasteiger partial charge in [-0.15, -0.1) is 0 Å². The molecule has 0 aromatic carbocycles. The van der Waals surface area contributed by atoms with Gasteiger partial charge in [0.25, 0.3) is 0 Å². The molecule has 0 bridgehead atoms.